The number of ether oxygens (including phenoxy) is 1. The summed E-state index contributed by atoms with van der Waals surface area (Å²) in [5.41, 5.74) is 6.59. The molecule has 0 spiro atoms. The normalized spacial score (nSPS) is 9.79. The van der Waals surface area contributed by atoms with Gasteiger partial charge in [-0.3, -0.25) is 5.32 Å². The average Bonchev–Trinajstić information content (AvgIpc) is 2.53. The average molecular weight is 337 g/mol. The highest BCUT2D eigenvalue weighted by Crippen LogP contribution is 2.28. The molecule has 0 aliphatic carbocycles. The lowest BCUT2D eigenvalue weighted by Crippen LogP contribution is -2.15. The number of amides is 1. The van der Waals surface area contributed by atoms with Crippen LogP contribution in [-0.4, -0.2) is 12.7 Å². The number of nitrogens with one attached hydrogen (secondary N) is 2. The number of anilines is 3. The molecule has 130 valence electrons. The van der Waals surface area contributed by atoms with Crippen LogP contribution in [0.1, 0.15) is 19.9 Å². The zero-order chi connectivity index (χ0) is 16.8. The Kier molecular flexibility index (Phi) is 6.98. The molecule has 0 saturated carbocycles. The number of carbonyl (C=O) groups excluding carboxylic acids is 1. The van der Waals surface area contributed by atoms with E-state index in [1.807, 2.05) is 0 Å². The molecule has 0 bridgehead atoms. The lowest BCUT2D eigenvalue weighted by molar-refractivity contribution is 0.168. The van der Waals surface area contributed by atoms with Crippen LogP contribution in [0.25, 0.3) is 0 Å². The topological polar surface area (TPSA) is 76.4 Å². The quantitative estimate of drug-likeness (QED) is 0.708. The molecule has 4 N–H and O–H groups in total. The Labute approximate surface area is 139 Å². The monoisotopic (exact) mass is 337 g/mol. The summed E-state index contributed by atoms with van der Waals surface area (Å²) in [5.74, 6) is -1.01. The minimum absolute atomic E-state index is 0. The third-order valence-corrected chi connectivity index (χ3v) is 3.09. The highest BCUT2D eigenvalue weighted by molar-refractivity contribution is 5.90. The smallest absolute Gasteiger partial charge is 0.411 e. The van der Waals surface area contributed by atoms with Gasteiger partial charge in [-0.25, -0.2) is 13.6 Å². The molecule has 5 nitrogen and oxygen atoms in total. The van der Waals surface area contributed by atoms with Crippen molar-refractivity contribution >= 4 is 23.2 Å². The summed E-state index contributed by atoms with van der Waals surface area (Å²) in [6.45, 7) is 2.17. The van der Waals surface area contributed by atoms with Gasteiger partial charge in [-0.15, -0.1) is 0 Å². The Bertz CT molecular complexity index is 691. The Morgan fingerprint density at radius 1 is 1.12 bits per heavy atom. The molecule has 0 unspecified atom stereocenters. The summed E-state index contributed by atoms with van der Waals surface area (Å²) in [5, 5.41) is 5.24. The minimum Gasteiger partial charge on any atom is -0.450 e. The van der Waals surface area contributed by atoms with Crippen molar-refractivity contribution in [2.45, 2.75) is 20.9 Å². The van der Waals surface area contributed by atoms with E-state index >= 15 is 0 Å². The lowest BCUT2D eigenvalue weighted by atomic mass is 10.2. The lowest BCUT2D eigenvalue weighted by Gasteiger charge is -2.13. The maximum Gasteiger partial charge on any atom is 0.411 e. The molecule has 0 saturated heterocycles. The Morgan fingerprint density at radius 3 is 2.38 bits per heavy atom. The Balaban J connectivity index is 0.00000288. The predicted molar refractivity (Wildman–Crippen MR) is 91.9 cm³/mol. The first-order chi connectivity index (χ1) is 11.0. The van der Waals surface area contributed by atoms with E-state index in [9.17, 15) is 13.6 Å². The highest BCUT2D eigenvalue weighted by Gasteiger charge is 2.13. The van der Waals surface area contributed by atoms with Crippen LogP contribution < -0.4 is 16.4 Å². The maximum atomic E-state index is 14.2. The molecule has 0 fully saturated rings. The van der Waals surface area contributed by atoms with Crippen molar-refractivity contribution in [2.75, 3.05) is 23.0 Å². The van der Waals surface area contributed by atoms with Crippen LogP contribution in [0.2, 0.25) is 0 Å². The maximum absolute atomic E-state index is 14.2. The molecule has 1 amide bonds. The molecule has 2 rings (SSSR count). The molecule has 2 aromatic rings. The first-order valence-corrected chi connectivity index (χ1v) is 7.01. The van der Waals surface area contributed by atoms with E-state index in [1.165, 1.54) is 24.3 Å². The van der Waals surface area contributed by atoms with Gasteiger partial charge in [0, 0.05) is 6.54 Å². The summed E-state index contributed by atoms with van der Waals surface area (Å²) in [6, 6.07) is 8.78. The third-order valence-electron chi connectivity index (χ3n) is 3.09. The zero-order valence-corrected chi connectivity index (χ0v) is 12.5. The van der Waals surface area contributed by atoms with Crippen molar-refractivity contribution in [3.05, 3.63) is 53.6 Å². The van der Waals surface area contributed by atoms with Gasteiger partial charge in [-0.1, -0.05) is 19.6 Å². The molecule has 7 heteroatoms. The van der Waals surface area contributed by atoms with Gasteiger partial charge in [0.2, 0.25) is 0 Å². The van der Waals surface area contributed by atoms with Crippen molar-refractivity contribution in [3.8, 4) is 0 Å². The van der Waals surface area contributed by atoms with E-state index in [0.717, 1.165) is 5.56 Å². The Hall–Kier alpha value is -2.83. The van der Waals surface area contributed by atoms with Crippen LogP contribution in [0.5, 0.6) is 0 Å². The van der Waals surface area contributed by atoms with Gasteiger partial charge in [-0.2, -0.15) is 0 Å². The molecular weight excluding hydrogens is 316 g/mol. The second-order valence-electron chi connectivity index (χ2n) is 4.71. The van der Waals surface area contributed by atoms with E-state index in [4.69, 9.17) is 10.5 Å². The second kappa shape index (κ2) is 8.71. The van der Waals surface area contributed by atoms with Crippen molar-refractivity contribution < 1.29 is 18.3 Å². The minimum atomic E-state index is -0.703. The van der Waals surface area contributed by atoms with Gasteiger partial charge in [0.15, 0.2) is 5.82 Å². The van der Waals surface area contributed by atoms with Gasteiger partial charge < -0.3 is 15.8 Å². The molecule has 0 heterocycles. The standard InChI is InChI=1S/C16H17F2N3O2.CH4/c1-2-23-16(22)21-13-8-7-12(14(18)15(13)19)20-9-10-3-5-11(17)6-4-10;/h3-8,20H,2,9,19H2,1H3,(H,21,22);1H4. The number of hydrogen-bond donors (Lipinski definition) is 3. The number of rotatable bonds is 5. The van der Waals surface area contributed by atoms with Crippen LogP contribution in [0.3, 0.4) is 0 Å². The molecular formula is C17H21F2N3O2. The van der Waals surface area contributed by atoms with Crippen LogP contribution in [0.4, 0.5) is 30.6 Å². The third kappa shape index (κ3) is 4.84. The van der Waals surface area contributed by atoms with E-state index < -0.39 is 11.9 Å². The van der Waals surface area contributed by atoms with Crippen molar-refractivity contribution in [1.82, 2.24) is 0 Å². The molecule has 0 aliphatic heterocycles. The van der Waals surface area contributed by atoms with Gasteiger partial charge in [0.05, 0.1) is 23.7 Å². The number of hydrogen-bond acceptors (Lipinski definition) is 4. The van der Waals surface area contributed by atoms with Gasteiger partial charge in [-0.05, 0) is 36.8 Å². The fourth-order valence-corrected chi connectivity index (χ4v) is 1.92. The van der Waals surface area contributed by atoms with Crippen molar-refractivity contribution in [1.29, 1.82) is 0 Å². The van der Waals surface area contributed by atoms with Crippen molar-refractivity contribution in [2.24, 2.45) is 0 Å². The van der Waals surface area contributed by atoms with Crippen LogP contribution in [-0.2, 0) is 11.3 Å². The van der Waals surface area contributed by atoms with Crippen molar-refractivity contribution in [3.63, 3.8) is 0 Å². The summed E-state index contributed by atoms with van der Waals surface area (Å²) in [6.07, 6.45) is -0.703. The Morgan fingerprint density at radius 2 is 1.75 bits per heavy atom. The number of carbonyl (C=O) groups is 1. The molecule has 0 aliphatic rings. The number of halogens is 2. The fraction of sp³-hybridized carbons (Fsp3) is 0.235. The summed E-state index contributed by atoms with van der Waals surface area (Å²) in [7, 11) is 0. The summed E-state index contributed by atoms with van der Waals surface area (Å²) in [4.78, 5) is 11.3. The number of nitrogen functional groups attached to an aromatic ring is 1. The molecule has 0 aromatic heterocycles. The van der Waals surface area contributed by atoms with Gasteiger partial charge in [0.25, 0.3) is 0 Å². The van der Waals surface area contributed by atoms with Gasteiger partial charge in [0.1, 0.15) is 5.82 Å². The second-order valence-corrected chi connectivity index (χ2v) is 4.71. The first kappa shape index (κ1) is 19.2. The highest BCUT2D eigenvalue weighted by atomic mass is 19.1. The van der Waals surface area contributed by atoms with E-state index in [2.05, 4.69) is 10.6 Å². The molecule has 0 atom stereocenters. The fourth-order valence-electron chi connectivity index (χ4n) is 1.92. The number of benzene rings is 2. The summed E-state index contributed by atoms with van der Waals surface area (Å²) >= 11 is 0. The van der Waals surface area contributed by atoms with Crippen LogP contribution >= 0.6 is 0 Å². The largest absolute Gasteiger partial charge is 0.450 e. The number of nitrogens with two attached hydrogens (primary N) is 1. The van der Waals surface area contributed by atoms with E-state index in [1.54, 1.807) is 19.1 Å². The van der Waals surface area contributed by atoms with E-state index in [-0.39, 0.29) is 36.9 Å². The predicted octanol–water partition coefficient (Wildman–Crippen LogP) is 4.36. The zero-order valence-electron chi connectivity index (χ0n) is 12.5. The van der Waals surface area contributed by atoms with Crippen LogP contribution in [0.15, 0.2) is 36.4 Å². The molecule has 0 radical (unpaired) electrons. The summed E-state index contributed by atoms with van der Waals surface area (Å²) < 4.78 is 31.8. The SMILES string of the molecule is C.CCOC(=O)Nc1ccc(NCc2ccc(F)cc2)c(F)c1N. The first-order valence-electron chi connectivity index (χ1n) is 7.01. The molecule has 2 aromatic carbocycles. The van der Waals surface area contributed by atoms with E-state index in [0.29, 0.717) is 6.54 Å². The molecule has 24 heavy (non-hydrogen) atoms. The van der Waals surface area contributed by atoms with Gasteiger partial charge >= 0.3 is 6.09 Å². The van der Waals surface area contributed by atoms with Crippen LogP contribution in [0, 0.1) is 11.6 Å².